The molecule has 0 N–H and O–H groups in total. The lowest BCUT2D eigenvalue weighted by Gasteiger charge is -2.34. The van der Waals surface area contributed by atoms with Crippen LogP contribution in [-0.2, 0) is 10.8 Å². The van der Waals surface area contributed by atoms with Crippen molar-refractivity contribution in [1.82, 2.24) is 0 Å². The fraction of sp³-hybridized carbons (Fsp3) is 0.345. The van der Waals surface area contributed by atoms with Crippen LogP contribution in [0.2, 0.25) is 0 Å². The smallest absolute Gasteiger partial charge is 0.166 e. The molecule has 0 bridgehead atoms. The highest BCUT2D eigenvalue weighted by molar-refractivity contribution is 6.00. The summed E-state index contributed by atoms with van der Waals surface area (Å²) >= 11 is 0. The average Bonchev–Trinajstić information content (AvgIpc) is 3.75. The maximum Gasteiger partial charge on any atom is 0.166 e. The Kier molecular flexibility index (Phi) is 11.2. The molecular formula is C58H68N4. The zero-order valence-electron chi connectivity index (χ0n) is 39.8. The second kappa shape index (κ2) is 16.2. The fourth-order valence-corrected chi connectivity index (χ4v) is 8.85. The van der Waals surface area contributed by atoms with E-state index in [1.807, 2.05) is 0 Å². The van der Waals surface area contributed by atoms with Gasteiger partial charge in [-0.1, -0.05) is 158 Å². The van der Waals surface area contributed by atoms with Gasteiger partial charge in [-0.25, -0.2) is 0 Å². The van der Waals surface area contributed by atoms with Gasteiger partial charge in [0.25, 0.3) is 0 Å². The molecular weight excluding hydrogens is 753 g/mol. The van der Waals surface area contributed by atoms with Crippen molar-refractivity contribution in [3.05, 3.63) is 178 Å². The lowest BCUT2D eigenvalue weighted by Crippen LogP contribution is -2.33. The van der Waals surface area contributed by atoms with E-state index in [1.165, 1.54) is 44.8 Å². The molecule has 2 aliphatic heterocycles. The monoisotopic (exact) mass is 821 g/mol. The first-order chi connectivity index (χ1) is 29.3. The molecule has 8 rings (SSSR count). The summed E-state index contributed by atoms with van der Waals surface area (Å²) in [6.45, 7) is 32.1. The molecule has 4 heteroatoms. The summed E-state index contributed by atoms with van der Waals surface area (Å²) in [5, 5.41) is 0. The molecule has 320 valence electrons. The minimum atomic E-state index is -0.0524. The van der Waals surface area contributed by atoms with Gasteiger partial charge < -0.3 is 0 Å². The molecule has 2 aliphatic rings. The Morgan fingerprint density at radius 2 is 0.516 bits per heavy atom. The fourth-order valence-electron chi connectivity index (χ4n) is 8.85. The van der Waals surface area contributed by atoms with Gasteiger partial charge >= 0.3 is 0 Å². The van der Waals surface area contributed by atoms with E-state index in [9.17, 15) is 0 Å². The van der Waals surface area contributed by atoms with Gasteiger partial charge in [0.15, 0.2) is 11.6 Å². The largest absolute Gasteiger partial charge is 0.291 e. The molecule has 62 heavy (non-hydrogen) atoms. The van der Waals surface area contributed by atoms with E-state index < -0.39 is 0 Å². The van der Waals surface area contributed by atoms with Crippen molar-refractivity contribution in [2.75, 3.05) is 19.6 Å². The van der Waals surface area contributed by atoms with Crippen LogP contribution in [0.3, 0.4) is 0 Å². The molecule has 2 heterocycles. The first-order valence-electron chi connectivity index (χ1n) is 23.0. The highest BCUT2D eigenvalue weighted by Gasteiger charge is 2.45. The highest BCUT2D eigenvalue weighted by Crippen LogP contribution is 2.58. The van der Waals surface area contributed by atoms with E-state index in [0.717, 1.165) is 45.8 Å². The van der Waals surface area contributed by atoms with Crippen molar-refractivity contribution >= 4 is 45.5 Å². The third kappa shape index (κ3) is 7.82. The Bertz CT molecular complexity index is 2390. The summed E-state index contributed by atoms with van der Waals surface area (Å²) in [6.07, 6.45) is 0. The molecule has 0 saturated carbocycles. The van der Waals surface area contributed by atoms with E-state index in [0.29, 0.717) is 23.7 Å². The lowest BCUT2D eigenvalue weighted by atomic mass is 9.86. The van der Waals surface area contributed by atoms with Gasteiger partial charge in [0.05, 0.1) is 22.7 Å². The third-order valence-electron chi connectivity index (χ3n) is 13.0. The van der Waals surface area contributed by atoms with Gasteiger partial charge in [-0.05, 0) is 141 Å². The number of benzene rings is 6. The first kappa shape index (κ1) is 42.9. The molecule has 0 aliphatic carbocycles. The van der Waals surface area contributed by atoms with Crippen LogP contribution >= 0.6 is 0 Å². The number of anilines is 8. The number of nitrogens with zero attached hydrogens (tertiary/aromatic N) is 4. The van der Waals surface area contributed by atoms with Gasteiger partial charge in [-0.2, -0.15) is 0 Å². The topological polar surface area (TPSA) is 13.0 Å². The number of hydrogen-bond acceptors (Lipinski definition) is 4. The van der Waals surface area contributed by atoms with Gasteiger partial charge in [-0.3, -0.25) is 19.6 Å². The highest BCUT2D eigenvalue weighted by atomic mass is 15.5. The molecule has 0 radical (unpaired) electrons. The predicted octanol–water partition coefficient (Wildman–Crippen LogP) is 17.2. The molecule has 0 fully saturated rings. The van der Waals surface area contributed by atoms with Crippen LogP contribution in [0.1, 0.15) is 154 Å². The normalized spacial score (nSPS) is 15.5. The van der Waals surface area contributed by atoms with Crippen molar-refractivity contribution in [2.45, 2.75) is 131 Å². The van der Waals surface area contributed by atoms with E-state index in [4.69, 9.17) is 0 Å². The van der Waals surface area contributed by atoms with Crippen molar-refractivity contribution in [3.8, 4) is 0 Å². The molecule has 0 unspecified atom stereocenters. The summed E-state index contributed by atoms with van der Waals surface area (Å²) in [5.74, 6) is 3.85. The molecule has 0 saturated heterocycles. The summed E-state index contributed by atoms with van der Waals surface area (Å²) in [7, 11) is 0. The summed E-state index contributed by atoms with van der Waals surface area (Å²) < 4.78 is 0. The van der Waals surface area contributed by atoms with Crippen LogP contribution in [-0.4, -0.2) is 0 Å². The molecule has 0 amide bonds. The predicted molar refractivity (Wildman–Crippen MR) is 268 cm³/mol. The molecule has 0 atom stereocenters. The Hall–Kier alpha value is -5.74. The maximum absolute atomic E-state index is 2.54. The first-order valence-corrected chi connectivity index (χ1v) is 23.0. The van der Waals surface area contributed by atoms with Crippen molar-refractivity contribution in [3.63, 3.8) is 0 Å². The Balaban J connectivity index is 1.54. The van der Waals surface area contributed by atoms with Gasteiger partial charge in [0, 0.05) is 22.7 Å². The van der Waals surface area contributed by atoms with Gasteiger partial charge in [-0.15, -0.1) is 0 Å². The zero-order chi connectivity index (χ0) is 44.4. The Labute approximate surface area is 373 Å². The standard InChI is InChI=1S/C58H68N4/c1-37(2)41-15-25-47(26-16-41)59-51-33-23-45(57(9,10)11)35-53(51)61(49-29-19-43(20-30-49)39(5)6)55(59)56-60(48-27-17-42(18-28-48)38(3)4)52-34-24-46(58(12,13)14)36-54(52)62(56)50-31-21-44(22-32-50)40(7)8/h15-40H,1-14H3/b56-55-. The molecule has 0 aromatic heterocycles. The lowest BCUT2D eigenvalue weighted by molar-refractivity contribution is 0.590. The van der Waals surface area contributed by atoms with Gasteiger partial charge in [0.1, 0.15) is 0 Å². The SMILES string of the molecule is CC(C)c1ccc(N2/C(=C3\N(c4ccc(C(C)C)cc4)c4ccc(C(C)(C)C)cc4N3c3ccc(C(C)C)cc3)N(c3ccc(C(C)C)cc3)c3cc(C(C)(C)C)ccc32)cc1. The molecule has 6 aromatic carbocycles. The molecule has 6 aromatic rings. The Morgan fingerprint density at radius 3 is 0.726 bits per heavy atom. The second-order valence-corrected chi connectivity index (χ2v) is 20.9. The second-order valence-electron chi connectivity index (χ2n) is 20.9. The van der Waals surface area contributed by atoms with Crippen LogP contribution in [0.25, 0.3) is 0 Å². The van der Waals surface area contributed by atoms with Crippen molar-refractivity contribution in [1.29, 1.82) is 0 Å². The average molecular weight is 821 g/mol. The molecule has 4 nitrogen and oxygen atoms in total. The van der Waals surface area contributed by atoms with E-state index in [2.05, 4.69) is 250 Å². The quantitative estimate of drug-likeness (QED) is 0.152. The van der Waals surface area contributed by atoms with Crippen molar-refractivity contribution in [2.24, 2.45) is 0 Å². The summed E-state index contributed by atoms with van der Waals surface area (Å²) in [5.41, 5.74) is 17.0. The minimum Gasteiger partial charge on any atom is -0.291 e. The van der Waals surface area contributed by atoms with E-state index >= 15 is 0 Å². The summed E-state index contributed by atoms with van der Waals surface area (Å²) in [6, 6.07) is 51.4. The van der Waals surface area contributed by atoms with E-state index in [1.54, 1.807) is 0 Å². The van der Waals surface area contributed by atoms with Crippen LogP contribution in [0.15, 0.2) is 145 Å². The summed E-state index contributed by atoms with van der Waals surface area (Å²) in [4.78, 5) is 10.1. The van der Waals surface area contributed by atoms with Crippen LogP contribution in [0, 0.1) is 0 Å². The van der Waals surface area contributed by atoms with Crippen molar-refractivity contribution < 1.29 is 0 Å². The number of rotatable bonds is 8. The van der Waals surface area contributed by atoms with Crippen LogP contribution < -0.4 is 19.6 Å². The Morgan fingerprint density at radius 1 is 0.290 bits per heavy atom. The van der Waals surface area contributed by atoms with E-state index in [-0.39, 0.29) is 10.8 Å². The zero-order valence-corrected chi connectivity index (χ0v) is 39.8. The van der Waals surface area contributed by atoms with Gasteiger partial charge in [0.2, 0.25) is 0 Å². The minimum absolute atomic E-state index is 0.0524. The van der Waals surface area contributed by atoms with Crippen LogP contribution in [0.5, 0.6) is 0 Å². The maximum atomic E-state index is 2.54. The number of hydrogen-bond donors (Lipinski definition) is 0. The van der Waals surface area contributed by atoms with Crippen LogP contribution in [0.4, 0.5) is 45.5 Å². The number of fused-ring (bicyclic) bond motifs is 2. The third-order valence-corrected chi connectivity index (χ3v) is 13.0. The molecule has 0 spiro atoms.